The summed E-state index contributed by atoms with van der Waals surface area (Å²) in [5, 5.41) is 11.1. The molecule has 9 nitrogen and oxygen atoms in total. The van der Waals surface area contributed by atoms with Crippen molar-refractivity contribution < 1.29 is 18.8 Å². The number of imide groups is 1. The summed E-state index contributed by atoms with van der Waals surface area (Å²) in [4.78, 5) is 44.0. The summed E-state index contributed by atoms with van der Waals surface area (Å²) in [5.74, 6) is 1.48. The predicted molar refractivity (Wildman–Crippen MR) is 154 cm³/mol. The number of carbonyl (C=O) groups excluding carboxylic acids is 3. The zero-order valence-electron chi connectivity index (χ0n) is 23.4. The van der Waals surface area contributed by atoms with Crippen LogP contribution in [0.5, 0.6) is 0 Å². The zero-order chi connectivity index (χ0) is 28.4. The molecule has 2 bridgehead atoms. The number of hydrogen-bond donors (Lipinski definition) is 1. The highest BCUT2D eigenvalue weighted by Crippen LogP contribution is 2.70. The van der Waals surface area contributed by atoms with Gasteiger partial charge in [0.05, 0.1) is 29.3 Å². The first-order chi connectivity index (χ1) is 20.5. The molecule has 214 valence electrons. The monoisotopic (exact) mass is 563 g/mol. The number of nitrogens with one attached hydrogen (secondary N) is 1. The molecular weight excluding hydrogens is 530 g/mol. The lowest BCUT2D eigenvalue weighted by Gasteiger charge is -2.34. The molecule has 1 N–H and O–H groups in total. The predicted octanol–water partition coefficient (Wildman–Crippen LogP) is 4.47. The Morgan fingerprint density at radius 3 is 2.69 bits per heavy atom. The fourth-order valence-corrected chi connectivity index (χ4v) is 8.05. The van der Waals surface area contributed by atoms with E-state index in [1.807, 2.05) is 42.5 Å². The Balaban J connectivity index is 0.940. The molecule has 9 heteroatoms. The van der Waals surface area contributed by atoms with Gasteiger partial charge in [0.25, 0.3) is 11.8 Å². The number of piperidine rings is 1. The number of carbonyl (C=O) groups is 3. The number of allylic oxidation sites excluding steroid dienone is 2. The van der Waals surface area contributed by atoms with Crippen LogP contribution in [0, 0.1) is 29.1 Å². The highest BCUT2D eigenvalue weighted by atomic mass is 16.4. The molecule has 3 fully saturated rings. The minimum atomic E-state index is -0.259. The molecule has 8 rings (SSSR count). The maximum Gasteiger partial charge on any atom is 0.263 e. The summed E-state index contributed by atoms with van der Waals surface area (Å²) in [7, 11) is 0. The topological polar surface area (TPSA) is 109 Å². The molecule has 2 saturated carbocycles. The summed E-state index contributed by atoms with van der Waals surface area (Å²) >= 11 is 0. The average Bonchev–Trinajstić information content (AvgIpc) is 3.32. The van der Waals surface area contributed by atoms with Crippen LogP contribution in [0.3, 0.4) is 0 Å². The molecule has 3 heterocycles. The van der Waals surface area contributed by atoms with E-state index < -0.39 is 0 Å². The number of fused-ring (bicyclic) bond motifs is 1. The van der Waals surface area contributed by atoms with E-state index in [9.17, 15) is 14.4 Å². The van der Waals surface area contributed by atoms with E-state index >= 15 is 0 Å². The van der Waals surface area contributed by atoms with Gasteiger partial charge in [0.2, 0.25) is 17.7 Å². The molecule has 42 heavy (non-hydrogen) atoms. The molecule has 1 aromatic heterocycles. The molecule has 4 atom stereocenters. The molecule has 0 radical (unpaired) electrons. The number of benzene rings is 2. The fourth-order valence-electron chi connectivity index (χ4n) is 8.05. The first kappa shape index (κ1) is 25.4. The summed E-state index contributed by atoms with van der Waals surface area (Å²) in [6.45, 7) is 1.84. The van der Waals surface area contributed by atoms with E-state index in [1.165, 1.54) is 17.7 Å². The third kappa shape index (κ3) is 4.01. The van der Waals surface area contributed by atoms with Crippen molar-refractivity contribution in [3.8, 4) is 11.5 Å². The number of amides is 3. The molecular formula is C33H33N5O4. The normalized spacial score (nSPS) is 26.8. The maximum absolute atomic E-state index is 13.8. The molecule has 3 aromatic rings. The van der Waals surface area contributed by atoms with Gasteiger partial charge in [-0.25, -0.2) is 0 Å². The first-order valence-electron chi connectivity index (χ1n) is 15.1. The number of hydrogen-bond acceptors (Lipinski definition) is 7. The molecule has 2 aliphatic heterocycles. The second-order valence-corrected chi connectivity index (χ2v) is 12.5. The lowest BCUT2D eigenvalue weighted by atomic mass is 9.88. The van der Waals surface area contributed by atoms with E-state index in [4.69, 9.17) is 4.42 Å². The van der Waals surface area contributed by atoms with Gasteiger partial charge in [-0.3, -0.25) is 19.3 Å². The van der Waals surface area contributed by atoms with E-state index in [2.05, 4.69) is 32.6 Å². The second-order valence-electron chi connectivity index (χ2n) is 12.5. The van der Waals surface area contributed by atoms with Gasteiger partial charge in [0.15, 0.2) is 0 Å². The number of aromatic nitrogens is 2. The molecule has 4 unspecified atom stereocenters. The van der Waals surface area contributed by atoms with Gasteiger partial charge in [0.1, 0.15) is 0 Å². The van der Waals surface area contributed by atoms with Gasteiger partial charge in [-0.05, 0) is 79.5 Å². The molecule has 1 saturated heterocycles. The Bertz CT molecular complexity index is 1610. The summed E-state index contributed by atoms with van der Waals surface area (Å²) in [6.07, 6.45) is 9.87. The zero-order valence-corrected chi connectivity index (χ0v) is 23.4. The Kier molecular flexibility index (Phi) is 5.84. The van der Waals surface area contributed by atoms with Gasteiger partial charge >= 0.3 is 0 Å². The third-order valence-electron chi connectivity index (χ3n) is 10.3. The highest BCUT2D eigenvalue weighted by Gasteiger charge is 2.63. The van der Waals surface area contributed by atoms with Crippen LogP contribution in [0.25, 0.3) is 11.5 Å². The van der Waals surface area contributed by atoms with E-state index in [0.717, 1.165) is 37.1 Å². The van der Waals surface area contributed by atoms with Crippen LogP contribution in [0.2, 0.25) is 0 Å². The summed E-state index contributed by atoms with van der Waals surface area (Å²) < 4.78 is 5.73. The Morgan fingerprint density at radius 2 is 1.88 bits per heavy atom. The lowest BCUT2D eigenvalue weighted by molar-refractivity contribution is -0.125. The van der Waals surface area contributed by atoms with Crippen molar-refractivity contribution in [2.75, 3.05) is 24.5 Å². The fraction of sp³-hybridized carbons (Fsp3) is 0.424. The molecule has 5 aliphatic rings. The highest BCUT2D eigenvalue weighted by molar-refractivity contribution is 6.23. The number of nitrogens with zero attached hydrogens (tertiary/aromatic N) is 4. The van der Waals surface area contributed by atoms with Crippen LogP contribution in [0.1, 0.15) is 58.7 Å². The van der Waals surface area contributed by atoms with Crippen molar-refractivity contribution in [2.45, 2.75) is 38.6 Å². The number of anilines is 1. The van der Waals surface area contributed by atoms with Gasteiger partial charge in [-0.1, -0.05) is 36.4 Å². The van der Waals surface area contributed by atoms with Crippen molar-refractivity contribution >= 4 is 23.4 Å². The van der Waals surface area contributed by atoms with Crippen LogP contribution >= 0.6 is 0 Å². The van der Waals surface area contributed by atoms with E-state index in [1.54, 1.807) is 6.07 Å². The minimum Gasteiger partial charge on any atom is -0.419 e. The second kappa shape index (κ2) is 9.64. The quantitative estimate of drug-likeness (QED) is 0.334. The minimum absolute atomic E-state index is 0.0888. The third-order valence-corrected chi connectivity index (χ3v) is 10.3. The lowest BCUT2D eigenvalue weighted by Crippen LogP contribution is -2.43. The van der Waals surface area contributed by atoms with Crippen molar-refractivity contribution in [1.29, 1.82) is 0 Å². The maximum atomic E-state index is 13.8. The number of rotatable bonds is 7. The van der Waals surface area contributed by atoms with Crippen LogP contribution in [-0.4, -0.2) is 52.5 Å². The van der Waals surface area contributed by atoms with E-state index in [-0.39, 0.29) is 30.2 Å². The van der Waals surface area contributed by atoms with Gasteiger partial charge < -0.3 is 14.6 Å². The van der Waals surface area contributed by atoms with Gasteiger partial charge in [-0.2, -0.15) is 0 Å². The van der Waals surface area contributed by atoms with Crippen molar-refractivity contribution in [1.82, 2.24) is 20.4 Å². The van der Waals surface area contributed by atoms with Gasteiger partial charge in [-0.15, -0.1) is 10.2 Å². The van der Waals surface area contributed by atoms with Crippen molar-refractivity contribution in [3.05, 3.63) is 77.7 Å². The Labute approximate surface area is 244 Å². The summed E-state index contributed by atoms with van der Waals surface area (Å²) in [6, 6.07) is 15.0. The van der Waals surface area contributed by atoms with Crippen molar-refractivity contribution in [2.24, 2.45) is 29.1 Å². The SMILES string of the molecule is O=C(NCc1nnc(-c2ccccc2)o1)C1CCCN(c2cccc3c2C(=O)N(CC2CC4C=CC2C42CC2)C3=O)C1. The standard InChI is InChI=1S/C33H33N5O4/c39-29(34-17-27-35-36-30(42-27)20-6-2-1-3-7-20)21-8-5-15-37(18-21)26-10-4-9-24-28(26)32(41)38(31(24)40)19-22-16-23-11-12-25(22)33(23)13-14-33/h1-4,6-7,9-12,21-23,25H,5,8,13-19H2,(H,34,39). The molecule has 3 amide bonds. The van der Waals surface area contributed by atoms with Crippen LogP contribution in [-0.2, 0) is 11.3 Å². The molecule has 1 spiro atoms. The van der Waals surface area contributed by atoms with Crippen LogP contribution in [0.4, 0.5) is 5.69 Å². The van der Waals surface area contributed by atoms with Crippen molar-refractivity contribution in [3.63, 3.8) is 0 Å². The molecule has 2 aromatic carbocycles. The van der Waals surface area contributed by atoms with E-state index in [0.29, 0.717) is 59.2 Å². The smallest absolute Gasteiger partial charge is 0.263 e. The Hall–Kier alpha value is -4.27. The van der Waals surface area contributed by atoms with Crippen LogP contribution < -0.4 is 10.2 Å². The Morgan fingerprint density at radius 1 is 1.02 bits per heavy atom. The van der Waals surface area contributed by atoms with Crippen LogP contribution in [0.15, 0.2) is 65.1 Å². The average molecular weight is 564 g/mol. The summed E-state index contributed by atoms with van der Waals surface area (Å²) in [5.41, 5.74) is 2.97. The molecule has 3 aliphatic carbocycles. The first-order valence-corrected chi connectivity index (χ1v) is 15.1. The largest absolute Gasteiger partial charge is 0.419 e. The van der Waals surface area contributed by atoms with Gasteiger partial charge in [0, 0.05) is 25.2 Å².